The minimum atomic E-state index is -4.36. The predicted molar refractivity (Wildman–Crippen MR) is 281 cm³/mol. The zero-order chi connectivity index (χ0) is 49.2. The van der Waals surface area contributed by atoms with E-state index in [1.54, 1.807) is 6.07 Å². The summed E-state index contributed by atoms with van der Waals surface area (Å²) >= 11 is 0. The monoisotopic (exact) mass is 934 g/mol. The molecule has 3 aliphatic rings. The molecule has 3 aromatic rings. The topological polar surface area (TPSA) is 84.7 Å². The summed E-state index contributed by atoms with van der Waals surface area (Å²) in [4.78, 5) is 2.52. The van der Waals surface area contributed by atoms with Gasteiger partial charge in [-0.1, -0.05) is 68.0 Å². The summed E-state index contributed by atoms with van der Waals surface area (Å²) in [7, 11) is 9.12. The molecule has 0 saturated heterocycles. The predicted octanol–water partition coefficient (Wildman–Crippen LogP) is 10.2. The molecule has 0 spiro atoms. The molecular weight excluding hydrogens is 849 g/mol. The van der Waals surface area contributed by atoms with Gasteiger partial charge in [0.25, 0.3) is 10.1 Å². The lowest BCUT2D eigenvalue weighted by molar-refractivity contribution is -0.871. The molecule has 0 unspecified atom stereocenters. The molecule has 2 aliphatic heterocycles. The van der Waals surface area contributed by atoms with Crippen LogP contribution in [0, 0.1) is 6.92 Å². The summed E-state index contributed by atoms with van der Waals surface area (Å²) in [5, 5.41) is 7.62. The van der Waals surface area contributed by atoms with E-state index in [0.717, 1.165) is 110 Å². The second-order valence-corrected chi connectivity index (χ2v) is 25.0. The first-order valence-corrected chi connectivity index (χ1v) is 26.2. The van der Waals surface area contributed by atoms with E-state index < -0.39 is 15.5 Å². The number of hydrogen-bond acceptors (Lipinski definition) is 5. The molecule has 10 heteroatoms. The SMILES string of the molecule is Cc1ccc2c(c1)C(C)(C)C(=CC=C1CCCC(C=CC3=[N+](CCC[N+](C)(C)C)c4ccc(S(=O)(=O)O)cc4C3(C)C)=C1NCCc1ccc(CCNC(C)(C)C)cc1)N2CCC[N+](C)(C)C. The summed E-state index contributed by atoms with van der Waals surface area (Å²) in [5.74, 6) is 0. The Bertz CT molecular complexity index is 2540. The molecule has 2 heterocycles. The van der Waals surface area contributed by atoms with Gasteiger partial charge < -0.3 is 24.5 Å². The van der Waals surface area contributed by atoms with Gasteiger partial charge in [0.2, 0.25) is 5.69 Å². The fourth-order valence-corrected chi connectivity index (χ4v) is 10.6. The number of quaternary nitrogens is 2. The Labute approximate surface area is 406 Å². The summed E-state index contributed by atoms with van der Waals surface area (Å²) in [6, 6.07) is 21.2. The zero-order valence-corrected chi connectivity index (χ0v) is 44.6. The van der Waals surface area contributed by atoms with E-state index in [9.17, 15) is 13.0 Å². The third-order valence-electron chi connectivity index (χ3n) is 13.9. The molecule has 0 fully saturated rings. The van der Waals surface area contributed by atoms with Crippen molar-refractivity contribution in [2.75, 3.05) is 86.5 Å². The van der Waals surface area contributed by atoms with Gasteiger partial charge in [-0.25, -0.2) is 0 Å². The number of nitrogens with one attached hydrogen (secondary N) is 2. The van der Waals surface area contributed by atoms with Gasteiger partial charge >= 0.3 is 0 Å². The highest BCUT2D eigenvalue weighted by Crippen LogP contribution is 2.48. The maximum Gasteiger partial charge on any atom is 0.294 e. The van der Waals surface area contributed by atoms with Gasteiger partial charge in [0, 0.05) is 65.3 Å². The molecular formula is C57H85N6O3S+3. The highest BCUT2D eigenvalue weighted by molar-refractivity contribution is 7.85. The molecule has 0 amide bonds. The van der Waals surface area contributed by atoms with Crippen molar-refractivity contribution in [3.63, 3.8) is 0 Å². The molecule has 6 rings (SSSR count). The van der Waals surface area contributed by atoms with Crippen LogP contribution in [0.3, 0.4) is 0 Å². The fourth-order valence-electron chi connectivity index (χ4n) is 10.1. The van der Waals surface area contributed by atoms with Crippen LogP contribution in [0.5, 0.6) is 0 Å². The lowest BCUT2D eigenvalue weighted by Crippen LogP contribution is -2.37. The minimum Gasteiger partial charge on any atom is -0.384 e. The summed E-state index contributed by atoms with van der Waals surface area (Å²) in [6.45, 7) is 23.6. The highest BCUT2D eigenvalue weighted by Gasteiger charge is 2.45. The fraction of sp³-hybridized carbons (Fsp3) is 0.526. The molecule has 0 atom stereocenters. The number of anilines is 1. The van der Waals surface area contributed by atoms with E-state index in [2.05, 4.69) is 185 Å². The first-order chi connectivity index (χ1) is 31.1. The van der Waals surface area contributed by atoms with E-state index in [4.69, 9.17) is 0 Å². The summed E-state index contributed by atoms with van der Waals surface area (Å²) in [5.41, 5.74) is 14.3. The number of aryl methyl sites for hydroxylation is 1. The van der Waals surface area contributed by atoms with Gasteiger partial charge in [0.05, 0.1) is 72.1 Å². The van der Waals surface area contributed by atoms with Crippen molar-refractivity contribution < 1.29 is 26.5 Å². The van der Waals surface area contributed by atoms with Crippen LogP contribution in [0.2, 0.25) is 0 Å². The third-order valence-corrected chi connectivity index (χ3v) is 14.7. The van der Waals surface area contributed by atoms with Crippen LogP contribution in [-0.2, 0) is 33.8 Å². The van der Waals surface area contributed by atoms with Crippen LogP contribution in [-0.4, -0.2) is 119 Å². The van der Waals surface area contributed by atoms with Crippen molar-refractivity contribution in [1.82, 2.24) is 10.6 Å². The third kappa shape index (κ3) is 13.3. The van der Waals surface area contributed by atoms with Crippen molar-refractivity contribution >= 4 is 27.2 Å². The van der Waals surface area contributed by atoms with Gasteiger partial charge in [-0.2, -0.15) is 13.0 Å². The quantitative estimate of drug-likeness (QED) is 0.0631. The number of fused-ring (bicyclic) bond motifs is 2. The largest absolute Gasteiger partial charge is 0.384 e. The molecule has 3 aromatic carbocycles. The molecule has 364 valence electrons. The van der Waals surface area contributed by atoms with Gasteiger partial charge in [-0.05, 0) is 132 Å². The minimum absolute atomic E-state index is 0.0657. The molecule has 0 bridgehead atoms. The lowest BCUT2D eigenvalue weighted by Gasteiger charge is -2.29. The van der Waals surface area contributed by atoms with Gasteiger partial charge in [-0.3, -0.25) is 4.55 Å². The van der Waals surface area contributed by atoms with Crippen LogP contribution in [0.1, 0.15) is 108 Å². The number of benzene rings is 3. The molecule has 67 heavy (non-hydrogen) atoms. The van der Waals surface area contributed by atoms with Crippen LogP contribution in [0.15, 0.2) is 112 Å². The highest BCUT2D eigenvalue weighted by atomic mass is 32.2. The summed E-state index contributed by atoms with van der Waals surface area (Å²) in [6.07, 6.45) is 16.4. The Morgan fingerprint density at radius 3 is 2.04 bits per heavy atom. The Kier molecular flexibility index (Phi) is 15.8. The first-order valence-electron chi connectivity index (χ1n) is 24.8. The van der Waals surface area contributed by atoms with E-state index in [1.165, 1.54) is 56.5 Å². The number of hydrogen-bond donors (Lipinski definition) is 3. The van der Waals surface area contributed by atoms with Crippen molar-refractivity contribution in [2.24, 2.45) is 0 Å². The molecule has 0 saturated carbocycles. The van der Waals surface area contributed by atoms with E-state index in [0.29, 0.717) is 0 Å². The van der Waals surface area contributed by atoms with E-state index in [1.807, 2.05) is 6.07 Å². The maximum atomic E-state index is 12.4. The van der Waals surface area contributed by atoms with Crippen LogP contribution in [0.4, 0.5) is 11.4 Å². The second-order valence-electron chi connectivity index (χ2n) is 23.6. The molecule has 9 nitrogen and oxygen atoms in total. The normalized spacial score (nSPS) is 18.8. The molecule has 0 aromatic heterocycles. The van der Waals surface area contributed by atoms with E-state index in [-0.39, 0.29) is 15.8 Å². The van der Waals surface area contributed by atoms with E-state index >= 15 is 0 Å². The Hall–Kier alpha value is -4.32. The Morgan fingerprint density at radius 1 is 0.776 bits per heavy atom. The number of rotatable bonds is 19. The average molecular weight is 934 g/mol. The zero-order valence-electron chi connectivity index (χ0n) is 43.7. The van der Waals surface area contributed by atoms with Crippen LogP contribution >= 0.6 is 0 Å². The van der Waals surface area contributed by atoms with Crippen molar-refractivity contribution in [1.29, 1.82) is 0 Å². The number of allylic oxidation sites excluding steroid dienone is 7. The average Bonchev–Trinajstić information content (AvgIpc) is 3.55. The Balaban J connectivity index is 1.39. The Morgan fingerprint density at radius 2 is 1.42 bits per heavy atom. The van der Waals surface area contributed by atoms with Crippen LogP contribution < -0.4 is 15.5 Å². The molecule has 3 N–H and O–H groups in total. The first kappa shape index (κ1) is 52.1. The molecule has 0 radical (unpaired) electrons. The van der Waals surface area contributed by atoms with Gasteiger partial charge in [0.15, 0.2) is 12.3 Å². The maximum absolute atomic E-state index is 12.4. The van der Waals surface area contributed by atoms with Crippen molar-refractivity contribution in [3.05, 3.63) is 135 Å². The van der Waals surface area contributed by atoms with Gasteiger partial charge in [0.1, 0.15) is 0 Å². The lowest BCUT2D eigenvalue weighted by atomic mass is 9.81. The molecule has 1 aliphatic carbocycles. The number of nitrogens with zero attached hydrogens (tertiary/aromatic N) is 4. The van der Waals surface area contributed by atoms with Crippen molar-refractivity contribution in [3.8, 4) is 0 Å². The van der Waals surface area contributed by atoms with Crippen molar-refractivity contribution in [2.45, 2.75) is 122 Å². The van der Waals surface area contributed by atoms with Gasteiger partial charge in [-0.15, -0.1) is 0 Å². The summed E-state index contributed by atoms with van der Waals surface area (Å²) < 4.78 is 39.0. The second kappa shape index (κ2) is 20.3. The van der Waals surface area contributed by atoms with Crippen LogP contribution in [0.25, 0.3) is 0 Å². The smallest absolute Gasteiger partial charge is 0.294 e. The standard InChI is InChI=1S/C57H83N6O3S/c1-42-20-28-50-48(40-42)56(5,6)52(60(50)36-16-38-62(9,10)11)30-25-45-18-15-19-46(54(45)58-34-32-43-21-23-44(24-22-43)33-35-59-55(2,3)4)26-31-53-57(7,8)49-41-47(67(64,65)66)27-29-51(49)61(53)37-17-39-63(12,13)14/h20-31,40-41,59H,15-19,32-39H2,1-14H3/q+1/p+2.